The van der Waals surface area contributed by atoms with Crippen LogP contribution in [0, 0.1) is 33.5 Å². The second-order valence-electron chi connectivity index (χ2n) is 10.3. The predicted octanol–water partition coefficient (Wildman–Crippen LogP) is 3.75. The minimum Gasteiger partial charge on any atom is -0.504 e. The summed E-state index contributed by atoms with van der Waals surface area (Å²) in [4.78, 5) is 25.2. The van der Waals surface area contributed by atoms with Crippen LogP contribution in [0.25, 0.3) is 0 Å². The van der Waals surface area contributed by atoms with Crippen molar-refractivity contribution in [3.63, 3.8) is 0 Å². The Kier molecular flexibility index (Phi) is 3.38. The van der Waals surface area contributed by atoms with Crippen LogP contribution in [0.15, 0.2) is 23.5 Å². The standard InChI is InChI=1S/C22H30O4/c1-19(2)13-8-11-21(4)14(20(13,3)10-9-15(19)23)7-6-12-16(24)17(25)18(26)22(12,21)5/h6-7,13-15,23-24H,8-11H2,1-5H3/t13-,14+,15-,20-,21?,22?/m0/s1. The second kappa shape index (κ2) is 4.89. The maximum atomic E-state index is 13.0. The van der Waals surface area contributed by atoms with Crippen molar-refractivity contribution in [1.82, 2.24) is 0 Å². The summed E-state index contributed by atoms with van der Waals surface area (Å²) in [6.07, 6.45) is 7.07. The van der Waals surface area contributed by atoms with Gasteiger partial charge in [-0.2, -0.15) is 0 Å². The second-order valence-corrected chi connectivity index (χ2v) is 10.3. The third kappa shape index (κ3) is 1.70. The van der Waals surface area contributed by atoms with E-state index in [4.69, 9.17) is 0 Å². The summed E-state index contributed by atoms with van der Waals surface area (Å²) in [7, 11) is 0. The first-order valence-electron chi connectivity index (χ1n) is 9.81. The summed E-state index contributed by atoms with van der Waals surface area (Å²) < 4.78 is 0. The summed E-state index contributed by atoms with van der Waals surface area (Å²) in [6, 6.07) is 0. The Morgan fingerprint density at radius 3 is 2.35 bits per heavy atom. The molecule has 0 bridgehead atoms. The van der Waals surface area contributed by atoms with Gasteiger partial charge in [0.2, 0.25) is 5.78 Å². The number of rotatable bonds is 0. The van der Waals surface area contributed by atoms with Crippen molar-refractivity contribution in [1.29, 1.82) is 0 Å². The highest BCUT2D eigenvalue weighted by Crippen LogP contribution is 2.71. The fourth-order valence-corrected chi connectivity index (χ4v) is 7.29. The van der Waals surface area contributed by atoms with Crippen LogP contribution in [0.3, 0.4) is 0 Å². The van der Waals surface area contributed by atoms with Crippen molar-refractivity contribution in [2.75, 3.05) is 0 Å². The topological polar surface area (TPSA) is 74.6 Å². The van der Waals surface area contributed by atoms with Crippen LogP contribution in [0.5, 0.6) is 0 Å². The molecule has 4 heteroatoms. The highest BCUT2D eigenvalue weighted by molar-refractivity contribution is 6.48. The summed E-state index contributed by atoms with van der Waals surface area (Å²) >= 11 is 0. The van der Waals surface area contributed by atoms with Crippen LogP contribution >= 0.6 is 0 Å². The first kappa shape index (κ1) is 18.0. The van der Waals surface area contributed by atoms with Crippen LogP contribution in [0.4, 0.5) is 0 Å². The molecule has 2 unspecified atom stereocenters. The van der Waals surface area contributed by atoms with Crippen LogP contribution in [0.1, 0.15) is 60.3 Å². The van der Waals surface area contributed by atoms with Gasteiger partial charge in [-0.1, -0.05) is 39.8 Å². The molecule has 0 aliphatic heterocycles. The molecule has 0 aromatic carbocycles. The monoisotopic (exact) mass is 358 g/mol. The number of fused-ring (bicyclic) bond motifs is 5. The number of carbonyl (C=O) groups excluding carboxylic acids is 2. The van der Waals surface area contributed by atoms with Crippen molar-refractivity contribution < 1.29 is 19.8 Å². The van der Waals surface area contributed by atoms with Gasteiger partial charge in [0.1, 0.15) is 0 Å². The fraction of sp³-hybridized carbons (Fsp3) is 0.727. The lowest BCUT2D eigenvalue weighted by molar-refractivity contribution is -0.181. The Morgan fingerprint density at radius 1 is 1.04 bits per heavy atom. The Morgan fingerprint density at radius 2 is 1.69 bits per heavy atom. The van der Waals surface area contributed by atoms with Gasteiger partial charge in [0.15, 0.2) is 5.76 Å². The molecular weight excluding hydrogens is 328 g/mol. The average Bonchev–Trinajstić information content (AvgIpc) is 2.74. The molecule has 4 aliphatic rings. The zero-order valence-electron chi connectivity index (χ0n) is 16.4. The molecule has 4 nitrogen and oxygen atoms in total. The Balaban J connectivity index is 1.88. The zero-order valence-corrected chi connectivity index (χ0v) is 16.4. The van der Waals surface area contributed by atoms with Gasteiger partial charge in [-0.25, -0.2) is 0 Å². The lowest BCUT2D eigenvalue weighted by Crippen LogP contribution is -2.63. The smallest absolute Gasteiger partial charge is 0.264 e. The molecule has 4 aliphatic carbocycles. The SMILES string of the molecule is CC1(C)[C@@H](O)CC[C@@]2(C)[C@H]1CCC1(C)[C@@H]2C=CC2=C(O)C(=O)C(=O)C21C. The summed E-state index contributed by atoms with van der Waals surface area (Å²) in [5.74, 6) is -1.06. The zero-order chi connectivity index (χ0) is 19.3. The molecule has 0 aromatic heterocycles. The Hall–Kier alpha value is -1.42. The van der Waals surface area contributed by atoms with Crippen molar-refractivity contribution in [3.05, 3.63) is 23.5 Å². The molecule has 0 heterocycles. The van der Waals surface area contributed by atoms with E-state index in [0.29, 0.717) is 11.5 Å². The number of allylic oxidation sites excluding steroid dienone is 4. The quantitative estimate of drug-likeness (QED) is 0.647. The maximum Gasteiger partial charge on any atom is 0.264 e. The summed E-state index contributed by atoms with van der Waals surface area (Å²) in [5, 5.41) is 20.9. The molecule has 0 aromatic rings. The number of hydrogen-bond acceptors (Lipinski definition) is 4. The third-order valence-corrected chi connectivity index (χ3v) is 9.13. The number of hydrogen-bond donors (Lipinski definition) is 2. The maximum absolute atomic E-state index is 13.0. The van der Waals surface area contributed by atoms with E-state index in [1.54, 1.807) is 0 Å². The fourth-order valence-electron chi connectivity index (χ4n) is 7.29. The van der Waals surface area contributed by atoms with E-state index in [0.717, 1.165) is 25.7 Å². The number of Topliss-reactive ketones (excluding diaryl/α,β-unsaturated/α-hetero) is 2. The first-order chi connectivity index (χ1) is 11.9. The van der Waals surface area contributed by atoms with E-state index in [1.807, 2.05) is 13.0 Å². The van der Waals surface area contributed by atoms with Crippen LogP contribution in [-0.4, -0.2) is 27.9 Å². The van der Waals surface area contributed by atoms with E-state index < -0.39 is 22.4 Å². The van der Waals surface area contributed by atoms with Gasteiger partial charge in [0.05, 0.1) is 11.5 Å². The number of ketones is 2. The molecule has 0 radical (unpaired) electrons. The van der Waals surface area contributed by atoms with Gasteiger partial charge in [0.25, 0.3) is 5.78 Å². The number of aliphatic hydroxyl groups is 2. The molecule has 26 heavy (non-hydrogen) atoms. The average molecular weight is 358 g/mol. The van der Waals surface area contributed by atoms with Crippen molar-refractivity contribution in [2.45, 2.75) is 66.4 Å². The minimum absolute atomic E-state index is 0.0394. The first-order valence-corrected chi connectivity index (χ1v) is 9.81. The normalized spacial score (nSPS) is 49.7. The molecule has 2 fully saturated rings. The molecule has 2 N–H and O–H groups in total. The Bertz CT molecular complexity index is 775. The molecule has 4 rings (SSSR count). The van der Waals surface area contributed by atoms with Crippen LogP contribution in [0.2, 0.25) is 0 Å². The van der Waals surface area contributed by atoms with E-state index >= 15 is 0 Å². The third-order valence-electron chi connectivity index (χ3n) is 9.13. The van der Waals surface area contributed by atoms with Crippen LogP contribution < -0.4 is 0 Å². The van der Waals surface area contributed by atoms with E-state index in [2.05, 4.69) is 33.8 Å². The van der Waals surface area contributed by atoms with Gasteiger partial charge in [-0.3, -0.25) is 9.59 Å². The molecule has 2 saturated carbocycles. The van der Waals surface area contributed by atoms with Gasteiger partial charge in [-0.05, 0) is 60.7 Å². The highest BCUT2D eigenvalue weighted by Gasteiger charge is 2.69. The van der Waals surface area contributed by atoms with Gasteiger partial charge in [-0.15, -0.1) is 0 Å². The predicted molar refractivity (Wildman–Crippen MR) is 98.4 cm³/mol. The van der Waals surface area contributed by atoms with Crippen molar-refractivity contribution in [3.8, 4) is 0 Å². The van der Waals surface area contributed by atoms with Crippen LogP contribution in [-0.2, 0) is 9.59 Å². The highest BCUT2D eigenvalue weighted by atomic mass is 16.3. The number of aliphatic hydroxyl groups excluding tert-OH is 2. The minimum atomic E-state index is -0.957. The number of carbonyl (C=O) groups is 2. The largest absolute Gasteiger partial charge is 0.504 e. The van der Waals surface area contributed by atoms with E-state index in [-0.39, 0.29) is 28.6 Å². The Labute approximate surface area is 155 Å². The van der Waals surface area contributed by atoms with Gasteiger partial charge < -0.3 is 10.2 Å². The molecule has 0 spiro atoms. The molecule has 0 saturated heterocycles. The molecule has 6 atom stereocenters. The van der Waals surface area contributed by atoms with E-state index in [9.17, 15) is 19.8 Å². The molecule has 0 amide bonds. The van der Waals surface area contributed by atoms with Gasteiger partial charge >= 0.3 is 0 Å². The van der Waals surface area contributed by atoms with E-state index in [1.165, 1.54) is 0 Å². The van der Waals surface area contributed by atoms with Crippen molar-refractivity contribution >= 4 is 11.6 Å². The lowest BCUT2D eigenvalue weighted by atomic mass is 9.37. The lowest BCUT2D eigenvalue weighted by Gasteiger charge is -2.66. The van der Waals surface area contributed by atoms with Gasteiger partial charge in [0, 0.05) is 5.57 Å². The molecular formula is C22H30O4. The summed E-state index contributed by atoms with van der Waals surface area (Å²) in [5.41, 5.74) is -1.07. The molecule has 142 valence electrons. The van der Waals surface area contributed by atoms with Crippen molar-refractivity contribution in [2.24, 2.45) is 33.5 Å². The summed E-state index contributed by atoms with van der Waals surface area (Å²) in [6.45, 7) is 10.6.